The van der Waals surface area contributed by atoms with Crippen molar-refractivity contribution >= 4 is 28.9 Å². The molecule has 6 heteroatoms. The number of benzene rings is 2. The van der Waals surface area contributed by atoms with E-state index >= 15 is 0 Å². The third-order valence-electron chi connectivity index (χ3n) is 4.07. The van der Waals surface area contributed by atoms with Gasteiger partial charge in [0.1, 0.15) is 5.75 Å². The smallest absolute Gasteiger partial charge is 0.255 e. The van der Waals surface area contributed by atoms with Gasteiger partial charge in [-0.1, -0.05) is 30.3 Å². The molecule has 1 amide bonds. The van der Waals surface area contributed by atoms with Gasteiger partial charge in [-0.2, -0.15) is 0 Å². The highest BCUT2D eigenvalue weighted by atomic mass is 32.1. The van der Waals surface area contributed by atoms with E-state index < -0.39 is 0 Å². The summed E-state index contributed by atoms with van der Waals surface area (Å²) in [5, 5.41) is 9.68. The van der Waals surface area contributed by atoms with Gasteiger partial charge in [-0.15, -0.1) is 0 Å². The van der Waals surface area contributed by atoms with Crippen LogP contribution in [0.25, 0.3) is 0 Å². The lowest BCUT2D eigenvalue weighted by Crippen LogP contribution is -2.45. The fourth-order valence-electron chi connectivity index (χ4n) is 2.89. The summed E-state index contributed by atoms with van der Waals surface area (Å²) < 4.78 is 5.49. The number of anilines is 1. The van der Waals surface area contributed by atoms with Gasteiger partial charge in [0, 0.05) is 11.4 Å². The summed E-state index contributed by atoms with van der Waals surface area (Å²) in [5.74, 6) is 0.624. The molecule has 0 bridgehead atoms. The Morgan fingerprint density at radius 3 is 2.50 bits per heavy atom. The Morgan fingerprint density at radius 1 is 1.15 bits per heavy atom. The van der Waals surface area contributed by atoms with Crippen molar-refractivity contribution in [1.29, 1.82) is 0 Å². The number of thiocarbonyl (C=S) groups is 1. The Balaban J connectivity index is 1.90. The van der Waals surface area contributed by atoms with E-state index in [-0.39, 0.29) is 11.9 Å². The molecule has 3 N–H and O–H groups in total. The minimum absolute atomic E-state index is 0.171. The van der Waals surface area contributed by atoms with Gasteiger partial charge in [0.05, 0.1) is 18.2 Å². The number of nitrogens with one attached hydrogen (secondary N) is 3. The molecule has 0 saturated carbocycles. The van der Waals surface area contributed by atoms with Crippen LogP contribution in [0.3, 0.4) is 0 Å². The van der Waals surface area contributed by atoms with E-state index in [1.807, 2.05) is 68.4 Å². The van der Waals surface area contributed by atoms with Crippen molar-refractivity contribution in [1.82, 2.24) is 10.6 Å². The van der Waals surface area contributed by atoms with Gasteiger partial charge in [-0.3, -0.25) is 4.79 Å². The monoisotopic (exact) mass is 367 g/mol. The zero-order valence-electron chi connectivity index (χ0n) is 14.7. The summed E-state index contributed by atoms with van der Waals surface area (Å²) in [7, 11) is 0. The number of para-hydroxylation sites is 1. The van der Waals surface area contributed by atoms with E-state index in [0.717, 1.165) is 22.7 Å². The molecule has 0 unspecified atom stereocenters. The molecular weight excluding hydrogens is 346 g/mol. The number of ether oxygens (including phenoxy) is 1. The second-order valence-corrected chi connectivity index (χ2v) is 6.30. The Labute approximate surface area is 158 Å². The highest BCUT2D eigenvalue weighted by Gasteiger charge is 2.29. The number of carbonyl (C=O) groups excluding carboxylic acids is 1. The molecule has 134 valence electrons. The average Bonchev–Trinajstić information content (AvgIpc) is 2.62. The maximum Gasteiger partial charge on any atom is 0.255 e. The lowest BCUT2D eigenvalue weighted by Gasteiger charge is -2.30. The third-order valence-corrected chi connectivity index (χ3v) is 4.29. The Bertz CT molecular complexity index is 832. The van der Waals surface area contributed by atoms with E-state index in [4.69, 9.17) is 17.0 Å². The molecule has 0 spiro atoms. The summed E-state index contributed by atoms with van der Waals surface area (Å²) in [6.45, 7) is 4.41. The normalized spacial score (nSPS) is 16.5. The van der Waals surface area contributed by atoms with Gasteiger partial charge in [0.15, 0.2) is 5.11 Å². The first-order valence-corrected chi connectivity index (χ1v) is 8.86. The minimum atomic E-state index is -0.330. The zero-order valence-corrected chi connectivity index (χ0v) is 15.5. The molecular formula is C20H21N3O2S. The van der Waals surface area contributed by atoms with Crippen LogP contribution < -0.4 is 20.7 Å². The SMILES string of the molecule is CCOc1ccc([C@H]2NC(=S)NC(C)=C2C(=O)Nc2ccccc2)cc1. The number of amides is 1. The molecule has 0 aliphatic carbocycles. The molecule has 3 rings (SSSR count). The van der Waals surface area contributed by atoms with Gasteiger partial charge in [0.2, 0.25) is 0 Å². The average molecular weight is 367 g/mol. The molecule has 1 atom stereocenters. The van der Waals surface area contributed by atoms with Gasteiger partial charge < -0.3 is 20.7 Å². The highest BCUT2D eigenvalue weighted by molar-refractivity contribution is 7.80. The summed E-state index contributed by atoms with van der Waals surface area (Å²) in [5.41, 5.74) is 3.03. The number of carbonyl (C=O) groups is 1. The first kappa shape index (κ1) is 17.9. The Kier molecular flexibility index (Phi) is 5.53. The number of hydrogen-bond donors (Lipinski definition) is 3. The van der Waals surface area contributed by atoms with Crippen LogP contribution in [0.2, 0.25) is 0 Å². The lowest BCUT2D eigenvalue weighted by molar-refractivity contribution is -0.113. The van der Waals surface area contributed by atoms with Gasteiger partial charge in [-0.05, 0) is 55.9 Å². The molecule has 1 aliphatic rings. The number of allylic oxidation sites excluding steroid dienone is 1. The van der Waals surface area contributed by atoms with Crippen LogP contribution in [0.5, 0.6) is 5.75 Å². The van der Waals surface area contributed by atoms with Crippen LogP contribution in [0.15, 0.2) is 65.9 Å². The fraction of sp³-hybridized carbons (Fsp3) is 0.200. The molecule has 0 aromatic heterocycles. The van der Waals surface area contributed by atoms with Crippen molar-refractivity contribution in [2.75, 3.05) is 11.9 Å². The topological polar surface area (TPSA) is 62.4 Å². The van der Waals surface area contributed by atoms with Crippen molar-refractivity contribution in [2.45, 2.75) is 19.9 Å². The van der Waals surface area contributed by atoms with Crippen molar-refractivity contribution in [3.8, 4) is 5.75 Å². The minimum Gasteiger partial charge on any atom is -0.494 e. The molecule has 0 saturated heterocycles. The Morgan fingerprint density at radius 2 is 1.85 bits per heavy atom. The number of hydrogen-bond acceptors (Lipinski definition) is 3. The third kappa shape index (κ3) is 4.03. The van der Waals surface area contributed by atoms with Crippen molar-refractivity contribution in [2.24, 2.45) is 0 Å². The first-order chi connectivity index (χ1) is 12.6. The predicted octanol–water partition coefficient (Wildman–Crippen LogP) is 3.52. The molecule has 0 fully saturated rings. The van der Waals surface area contributed by atoms with E-state index in [9.17, 15) is 4.79 Å². The van der Waals surface area contributed by atoms with Crippen LogP contribution in [-0.2, 0) is 4.79 Å². The second-order valence-electron chi connectivity index (χ2n) is 5.89. The van der Waals surface area contributed by atoms with E-state index in [1.54, 1.807) is 0 Å². The summed E-state index contributed by atoms with van der Waals surface area (Å²) in [4.78, 5) is 12.9. The zero-order chi connectivity index (χ0) is 18.5. The lowest BCUT2D eigenvalue weighted by atomic mass is 9.95. The largest absolute Gasteiger partial charge is 0.494 e. The summed E-state index contributed by atoms with van der Waals surface area (Å²) in [6.07, 6.45) is 0. The van der Waals surface area contributed by atoms with Crippen LogP contribution in [0.4, 0.5) is 5.69 Å². The van der Waals surface area contributed by atoms with E-state index in [2.05, 4.69) is 16.0 Å². The predicted molar refractivity (Wildman–Crippen MR) is 107 cm³/mol. The highest BCUT2D eigenvalue weighted by Crippen LogP contribution is 2.29. The number of rotatable bonds is 5. The quantitative estimate of drug-likeness (QED) is 0.706. The maximum atomic E-state index is 12.9. The van der Waals surface area contributed by atoms with Crippen molar-refractivity contribution in [3.63, 3.8) is 0 Å². The van der Waals surface area contributed by atoms with Gasteiger partial charge >= 0.3 is 0 Å². The van der Waals surface area contributed by atoms with E-state index in [0.29, 0.717) is 17.3 Å². The van der Waals surface area contributed by atoms with Crippen molar-refractivity contribution < 1.29 is 9.53 Å². The molecule has 2 aromatic rings. The molecule has 1 heterocycles. The molecule has 5 nitrogen and oxygen atoms in total. The Hall–Kier alpha value is -2.86. The van der Waals surface area contributed by atoms with Crippen LogP contribution in [0, 0.1) is 0 Å². The molecule has 1 aliphatic heterocycles. The summed E-state index contributed by atoms with van der Waals surface area (Å²) in [6, 6.07) is 16.7. The maximum absolute atomic E-state index is 12.9. The van der Waals surface area contributed by atoms with Crippen LogP contribution in [-0.4, -0.2) is 17.6 Å². The standard InChI is InChI=1S/C20H21N3O2S/c1-3-25-16-11-9-14(10-12-16)18-17(13(2)21-20(26)23-18)19(24)22-15-7-5-4-6-8-15/h4-12,18H,3H2,1-2H3,(H,22,24)(H2,21,23,26)/t18-/m1/s1. The fourth-order valence-corrected chi connectivity index (χ4v) is 3.16. The van der Waals surface area contributed by atoms with Gasteiger partial charge in [-0.25, -0.2) is 0 Å². The van der Waals surface area contributed by atoms with Crippen LogP contribution >= 0.6 is 12.2 Å². The summed E-state index contributed by atoms with van der Waals surface area (Å²) >= 11 is 5.28. The van der Waals surface area contributed by atoms with Crippen LogP contribution in [0.1, 0.15) is 25.5 Å². The molecule has 2 aromatic carbocycles. The molecule has 26 heavy (non-hydrogen) atoms. The van der Waals surface area contributed by atoms with E-state index in [1.165, 1.54) is 0 Å². The van der Waals surface area contributed by atoms with Crippen molar-refractivity contribution in [3.05, 3.63) is 71.4 Å². The van der Waals surface area contributed by atoms with Gasteiger partial charge in [0.25, 0.3) is 5.91 Å². The first-order valence-electron chi connectivity index (χ1n) is 8.46. The molecule has 0 radical (unpaired) electrons. The second kappa shape index (κ2) is 8.01.